The molecule has 0 saturated carbocycles. The van der Waals surface area contributed by atoms with E-state index in [9.17, 15) is 4.79 Å². The largest absolute Gasteiger partial charge is 0.444 e. The molecule has 1 rings (SSSR count). The van der Waals surface area contributed by atoms with Crippen molar-refractivity contribution in [3.05, 3.63) is 0 Å². The maximum atomic E-state index is 12.4. The summed E-state index contributed by atoms with van der Waals surface area (Å²) in [6.45, 7) is 20.6. The van der Waals surface area contributed by atoms with Crippen LogP contribution in [0.2, 0.25) is 0 Å². The van der Waals surface area contributed by atoms with E-state index < -0.39 is 11.1 Å². The highest BCUT2D eigenvalue weighted by Crippen LogP contribution is 2.17. The third kappa shape index (κ3) is 9.51. The first-order chi connectivity index (χ1) is 14.0. The van der Waals surface area contributed by atoms with Crippen LogP contribution in [0, 0.1) is 0 Å². The van der Waals surface area contributed by atoms with E-state index in [2.05, 4.69) is 60.5 Å². The standard InChI is InChI=1S/C22H46N6O2/c1-9-22(10-2,26-20(29)30-21(5,6)7)17-25-19(23-11-3)24-16-18(4)28-14-12-27(8)13-15-28/h18H,9-17H2,1-8H3,(H,26,29)(H2,23,24,25). The third-order valence-corrected chi connectivity index (χ3v) is 5.73. The monoisotopic (exact) mass is 426 g/mol. The number of piperazine rings is 1. The van der Waals surface area contributed by atoms with Gasteiger partial charge in [-0.05, 0) is 54.5 Å². The fourth-order valence-corrected chi connectivity index (χ4v) is 3.42. The normalized spacial score (nSPS) is 18.1. The lowest BCUT2D eigenvalue weighted by Gasteiger charge is -2.36. The minimum absolute atomic E-state index is 0.386. The molecule has 1 heterocycles. The van der Waals surface area contributed by atoms with Gasteiger partial charge in [-0.25, -0.2) is 4.79 Å². The SMILES string of the molecule is CCNC(=NCC(CC)(CC)NC(=O)OC(C)(C)C)NCC(C)N1CCN(C)CC1. The number of hydrogen-bond donors (Lipinski definition) is 3. The topological polar surface area (TPSA) is 81.2 Å². The van der Waals surface area contributed by atoms with Crippen LogP contribution in [0.15, 0.2) is 4.99 Å². The predicted octanol–water partition coefficient (Wildman–Crippen LogP) is 2.26. The Hall–Kier alpha value is -1.54. The fraction of sp³-hybridized carbons (Fsp3) is 0.909. The molecule has 1 saturated heterocycles. The Morgan fingerprint density at radius 3 is 2.17 bits per heavy atom. The maximum absolute atomic E-state index is 12.4. The van der Waals surface area contributed by atoms with E-state index in [1.807, 2.05) is 20.8 Å². The average Bonchev–Trinajstić information content (AvgIpc) is 2.68. The summed E-state index contributed by atoms with van der Waals surface area (Å²) >= 11 is 0. The molecule has 0 aliphatic carbocycles. The zero-order chi connectivity index (χ0) is 22.8. The van der Waals surface area contributed by atoms with Crippen LogP contribution in [0.25, 0.3) is 0 Å². The Bertz CT molecular complexity index is 534. The number of aliphatic imine (C=N–C) groups is 1. The van der Waals surface area contributed by atoms with Crippen molar-refractivity contribution in [3.63, 3.8) is 0 Å². The van der Waals surface area contributed by atoms with Gasteiger partial charge in [-0.1, -0.05) is 13.8 Å². The molecule has 0 radical (unpaired) electrons. The van der Waals surface area contributed by atoms with E-state index in [1.165, 1.54) is 0 Å². The third-order valence-electron chi connectivity index (χ3n) is 5.73. The number of likely N-dealkylation sites (N-methyl/N-ethyl adjacent to an activating group) is 1. The summed E-state index contributed by atoms with van der Waals surface area (Å²) in [5.74, 6) is 0.788. The molecule has 1 unspecified atom stereocenters. The van der Waals surface area contributed by atoms with Crippen LogP contribution in [0.1, 0.15) is 61.3 Å². The molecule has 1 atom stereocenters. The number of alkyl carbamates (subject to hydrolysis) is 1. The molecule has 3 N–H and O–H groups in total. The number of ether oxygens (including phenoxy) is 1. The van der Waals surface area contributed by atoms with Gasteiger partial charge < -0.3 is 25.6 Å². The van der Waals surface area contributed by atoms with Crippen LogP contribution < -0.4 is 16.0 Å². The molecule has 30 heavy (non-hydrogen) atoms. The van der Waals surface area contributed by atoms with Gasteiger partial charge in [0.1, 0.15) is 5.60 Å². The Morgan fingerprint density at radius 2 is 1.67 bits per heavy atom. The molecule has 1 aliphatic heterocycles. The number of hydrogen-bond acceptors (Lipinski definition) is 5. The highest BCUT2D eigenvalue weighted by Gasteiger charge is 2.30. The first-order valence-electron chi connectivity index (χ1n) is 11.5. The van der Waals surface area contributed by atoms with Gasteiger partial charge in [-0.2, -0.15) is 0 Å². The number of nitrogens with one attached hydrogen (secondary N) is 3. The molecule has 0 spiro atoms. The Morgan fingerprint density at radius 1 is 1.07 bits per heavy atom. The molecule has 1 fully saturated rings. The van der Waals surface area contributed by atoms with Crippen LogP contribution >= 0.6 is 0 Å². The number of nitrogens with zero attached hydrogens (tertiary/aromatic N) is 3. The van der Waals surface area contributed by atoms with Gasteiger partial charge in [-0.15, -0.1) is 0 Å². The predicted molar refractivity (Wildman–Crippen MR) is 125 cm³/mol. The zero-order valence-corrected chi connectivity index (χ0v) is 20.6. The van der Waals surface area contributed by atoms with E-state index in [0.717, 1.165) is 58.1 Å². The van der Waals surface area contributed by atoms with Gasteiger partial charge in [0.05, 0.1) is 12.1 Å². The number of amides is 1. The van der Waals surface area contributed by atoms with Crippen LogP contribution in [-0.4, -0.2) is 91.9 Å². The molecular formula is C22H46N6O2. The molecule has 0 bridgehead atoms. The summed E-state index contributed by atoms with van der Waals surface area (Å²) in [4.78, 5) is 22.0. The van der Waals surface area contributed by atoms with Crippen LogP contribution in [-0.2, 0) is 4.74 Å². The Kier molecular flexibility index (Phi) is 10.9. The van der Waals surface area contributed by atoms with Crippen molar-refractivity contribution in [2.45, 2.75) is 78.5 Å². The van der Waals surface area contributed by atoms with Gasteiger partial charge >= 0.3 is 6.09 Å². The van der Waals surface area contributed by atoms with Crippen molar-refractivity contribution in [1.29, 1.82) is 0 Å². The van der Waals surface area contributed by atoms with E-state index in [0.29, 0.717) is 12.6 Å². The molecule has 0 aromatic heterocycles. The Labute approximate surface area is 184 Å². The van der Waals surface area contributed by atoms with Crippen LogP contribution in [0.4, 0.5) is 4.79 Å². The van der Waals surface area contributed by atoms with E-state index in [4.69, 9.17) is 9.73 Å². The fourth-order valence-electron chi connectivity index (χ4n) is 3.42. The van der Waals surface area contributed by atoms with Crippen LogP contribution in [0.5, 0.6) is 0 Å². The van der Waals surface area contributed by atoms with Gasteiger partial charge in [-0.3, -0.25) is 9.89 Å². The van der Waals surface area contributed by atoms with Gasteiger partial charge in [0.15, 0.2) is 5.96 Å². The van der Waals surface area contributed by atoms with E-state index in [1.54, 1.807) is 0 Å². The van der Waals surface area contributed by atoms with Crippen molar-refractivity contribution in [1.82, 2.24) is 25.8 Å². The van der Waals surface area contributed by atoms with Crippen molar-refractivity contribution in [2.24, 2.45) is 4.99 Å². The molecule has 0 aromatic carbocycles. The average molecular weight is 427 g/mol. The molecule has 8 nitrogen and oxygen atoms in total. The van der Waals surface area contributed by atoms with Crippen molar-refractivity contribution in [3.8, 4) is 0 Å². The smallest absolute Gasteiger partial charge is 0.408 e. The highest BCUT2D eigenvalue weighted by molar-refractivity contribution is 5.80. The lowest BCUT2D eigenvalue weighted by Crippen LogP contribution is -2.53. The lowest BCUT2D eigenvalue weighted by atomic mass is 9.93. The summed E-state index contributed by atoms with van der Waals surface area (Å²) in [6, 6.07) is 0.435. The molecule has 0 aromatic rings. The summed E-state index contributed by atoms with van der Waals surface area (Å²) in [5.41, 5.74) is -0.940. The maximum Gasteiger partial charge on any atom is 0.408 e. The quantitative estimate of drug-likeness (QED) is 0.388. The molecule has 176 valence electrons. The van der Waals surface area contributed by atoms with Gasteiger partial charge in [0.2, 0.25) is 0 Å². The minimum atomic E-state index is -0.517. The summed E-state index contributed by atoms with van der Waals surface area (Å²) in [6.07, 6.45) is 1.18. The van der Waals surface area contributed by atoms with Crippen molar-refractivity contribution in [2.75, 3.05) is 52.9 Å². The summed E-state index contributed by atoms with van der Waals surface area (Å²) in [7, 11) is 2.18. The second kappa shape index (κ2) is 12.3. The molecule has 1 aliphatic rings. The van der Waals surface area contributed by atoms with Gasteiger partial charge in [0.25, 0.3) is 0 Å². The van der Waals surface area contributed by atoms with Crippen molar-refractivity contribution >= 4 is 12.1 Å². The molecular weight excluding hydrogens is 380 g/mol. The van der Waals surface area contributed by atoms with E-state index in [-0.39, 0.29) is 6.09 Å². The summed E-state index contributed by atoms with van der Waals surface area (Å²) in [5, 5.41) is 9.88. The first-order valence-corrected chi connectivity index (χ1v) is 11.5. The molecule has 1 amide bonds. The second-order valence-electron chi connectivity index (χ2n) is 9.38. The van der Waals surface area contributed by atoms with Crippen molar-refractivity contribution < 1.29 is 9.53 Å². The zero-order valence-electron chi connectivity index (χ0n) is 20.6. The minimum Gasteiger partial charge on any atom is -0.444 e. The lowest BCUT2D eigenvalue weighted by molar-refractivity contribution is 0.0452. The number of guanidine groups is 1. The number of carbonyl (C=O) groups is 1. The first kappa shape index (κ1) is 26.5. The second-order valence-corrected chi connectivity index (χ2v) is 9.38. The molecule has 8 heteroatoms. The highest BCUT2D eigenvalue weighted by atomic mass is 16.6. The summed E-state index contributed by atoms with van der Waals surface area (Å²) < 4.78 is 5.47. The van der Waals surface area contributed by atoms with Crippen LogP contribution in [0.3, 0.4) is 0 Å². The van der Waals surface area contributed by atoms with E-state index >= 15 is 0 Å². The van der Waals surface area contributed by atoms with Gasteiger partial charge in [0, 0.05) is 45.3 Å². The Balaban J connectivity index is 2.71. The number of carbonyl (C=O) groups excluding carboxylic acids is 1. The number of rotatable bonds is 9.